The summed E-state index contributed by atoms with van der Waals surface area (Å²) < 4.78 is 0. The Bertz CT molecular complexity index is 262. The molecule has 0 aromatic heterocycles. The van der Waals surface area contributed by atoms with E-state index in [1.165, 1.54) is 6.08 Å². The van der Waals surface area contributed by atoms with Crippen LogP contribution in [0.15, 0.2) is 12.7 Å². The zero-order valence-corrected chi connectivity index (χ0v) is 10.5. The van der Waals surface area contributed by atoms with E-state index in [1.54, 1.807) is 0 Å². The summed E-state index contributed by atoms with van der Waals surface area (Å²) in [6, 6.07) is 0. The normalized spacial score (nSPS) is 12.2. The molecule has 0 aliphatic rings. The van der Waals surface area contributed by atoms with Crippen LogP contribution in [0, 0.1) is 5.92 Å². The first kappa shape index (κ1) is 17.0. The fourth-order valence-electron chi connectivity index (χ4n) is 1.66. The van der Waals surface area contributed by atoms with Crippen molar-refractivity contribution in [3.05, 3.63) is 12.7 Å². The summed E-state index contributed by atoms with van der Waals surface area (Å²) >= 11 is 0. The third-order valence-corrected chi connectivity index (χ3v) is 2.02. The molecule has 0 saturated heterocycles. The monoisotopic (exact) mass is 230 g/mol. The minimum absolute atomic E-state index is 0. The van der Waals surface area contributed by atoms with Crippen LogP contribution < -0.4 is 16.6 Å². The van der Waals surface area contributed by atoms with Crippen molar-refractivity contribution >= 4 is 11.9 Å². The zero-order valence-electron chi connectivity index (χ0n) is 10.5. The van der Waals surface area contributed by atoms with E-state index >= 15 is 0 Å². The molecule has 0 radical (unpaired) electrons. The minimum Gasteiger partial charge on any atom is -0.550 e. The van der Waals surface area contributed by atoms with Gasteiger partial charge in [-0.2, -0.15) is 0 Å². The lowest BCUT2D eigenvalue weighted by Crippen LogP contribution is -2.44. The molecule has 1 unspecified atom stereocenters. The number of hydrogen-bond acceptors (Lipinski definition) is 3. The predicted octanol–water partition coefficient (Wildman–Crippen LogP) is 0.610. The molecule has 0 aromatic carbocycles. The molecule has 5 nitrogen and oxygen atoms in total. The first-order valence-corrected chi connectivity index (χ1v) is 4.91. The Labute approximate surface area is 96.5 Å². The summed E-state index contributed by atoms with van der Waals surface area (Å²) in [4.78, 5) is 21.4. The molecule has 0 saturated carbocycles. The van der Waals surface area contributed by atoms with E-state index in [0.717, 1.165) is 0 Å². The molecule has 94 valence electrons. The summed E-state index contributed by atoms with van der Waals surface area (Å²) in [7, 11) is 0. The number of carboxylic acid groups (broad SMARTS) is 1. The lowest BCUT2D eigenvalue weighted by molar-refractivity contribution is -0.306. The van der Waals surface area contributed by atoms with E-state index in [9.17, 15) is 14.7 Å². The van der Waals surface area contributed by atoms with Gasteiger partial charge in [0, 0.05) is 11.5 Å². The molecule has 0 fully saturated rings. The van der Waals surface area contributed by atoms with Crippen LogP contribution in [0.3, 0.4) is 0 Å². The molecule has 1 amide bonds. The molecule has 0 aliphatic heterocycles. The second kappa shape index (κ2) is 7.00. The summed E-state index contributed by atoms with van der Waals surface area (Å²) in [6.45, 7) is 8.87. The molecular weight excluding hydrogens is 208 g/mol. The maximum atomic E-state index is 11.1. The van der Waals surface area contributed by atoms with Gasteiger partial charge >= 0.3 is 0 Å². The lowest BCUT2D eigenvalue weighted by Gasteiger charge is -2.29. The largest absolute Gasteiger partial charge is 0.550 e. The predicted molar refractivity (Wildman–Crippen MR) is 61.8 cm³/mol. The average Bonchev–Trinajstić information content (AvgIpc) is 1.99. The van der Waals surface area contributed by atoms with E-state index in [1.807, 2.05) is 20.8 Å². The average molecular weight is 230 g/mol. The van der Waals surface area contributed by atoms with Crippen molar-refractivity contribution in [1.82, 2.24) is 11.5 Å². The van der Waals surface area contributed by atoms with E-state index in [2.05, 4.69) is 11.9 Å². The number of carbonyl (C=O) groups excluding carboxylic acids is 2. The third-order valence-electron chi connectivity index (χ3n) is 2.02. The third kappa shape index (κ3) is 7.99. The molecule has 5 N–H and O–H groups in total. The second-order valence-electron chi connectivity index (χ2n) is 4.46. The van der Waals surface area contributed by atoms with Crippen LogP contribution in [-0.4, -0.2) is 17.4 Å². The Morgan fingerprint density at radius 3 is 2.38 bits per heavy atom. The number of amides is 1. The van der Waals surface area contributed by atoms with Gasteiger partial charge in [0.1, 0.15) is 0 Å². The number of rotatable bonds is 6. The van der Waals surface area contributed by atoms with Crippen LogP contribution in [0.2, 0.25) is 0 Å². The Kier molecular flexibility index (Phi) is 7.46. The number of carbonyl (C=O) groups is 2. The van der Waals surface area contributed by atoms with E-state index in [-0.39, 0.29) is 24.4 Å². The molecule has 5 heteroatoms. The molecule has 0 aromatic rings. The Morgan fingerprint density at radius 1 is 1.50 bits per heavy atom. The van der Waals surface area contributed by atoms with E-state index < -0.39 is 11.5 Å². The summed E-state index contributed by atoms with van der Waals surface area (Å²) in [5.41, 5.74) is -0.430. The highest BCUT2D eigenvalue weighted by Crippen LogP contribution is 2.18. The first-order valence-electron chi connectivity index (χ1n) is 4.91. The standard InChI is InChI=1S/C11H19NO3.H3N/c1-5-9(13)12-11(3,4)7-8(2)6-10(14)15;/h5,8H,1,6-7H2,2-4H3,(H,12,13)(H,14,15);1H3. The second-order valence-corrected chi connectivity index (χ2v) is 4.46. The van der Waals surface area contributed by atoms with Gasteiger partial charge in [0.15, 0.2) is 0 Å². The molecule has 0 aliphatic carbocycles. The van der Waals surface area contributed by atoms with Crippen molar-refractivity contribution in [1.29, 1.82) is 0 Å². The van der Waals surface area contributed by atoms with Crippen LogP contribution in [0.1, 0.15) is 33.6 Å². The zero-order chi connectivity index (χ0) is 12.1. The smallest absolute Gasteiger partial charge is 0.243 e. The Morgan fingerprint density at radius 2 is 2.00 bits per heavy atom. The van der Waals surface area contributed by atoms with Crippen LogP contribution in [-0.2, 0) is 9.59 Å². The van der Waals surface area contributed by atoms with E-state index in [0.29, 0.717) is 6.42 Å². The first-order chi connectivity index (χ1) is 6.76. The van der Waals surface area contributed by atoms with Crippen LogP contribution >= 0.6 is 0 Å². The number of hydrogen-bond donors (Lipinski definition) is 2. The van der Waals surface area contributed by atoms with Gasteiger partial charge in [-0.3, -0.25) is 4.79 Å². The summed E-state index contributed by atoms with van der Waals surface area (Å²) in [6.07, 6.45) is 1.79. The van der Waals surface area contributed by atoms with Gasteiger partial charge in [-0.15, -0.1) is 0 Å². The maximum absolute atomic E-state index is 11.1. The highest BCUT2D eigenvalue weighted by atomic mass is 16.4. The molecule has 0 rings (SSSR count). The highest BCUT2D eigenvalue weighted by Gasteiger charge is 2.22. The van der Waals surface area contributed by atoms with Crippen LogP contribution in [0.4, 0.5) is 0 Å². The SMILES string of the molecule is C=CC(=O)NC(C)(C)CC(C)CC(=O)[O-].[NH4+]. The van der Waals surface area contributed by atoms with Crippen molar-refractivity contribution in [2.75, 3.05) is 0 Å². The van der Waals surface area contributed by atoms with E-state index in [4.69, 9.17) is 0 Å². The van der Waals surface area contributed by atoms with Gasteiger partial charge in [-0.05, 0) is 38.7 Å². The van der Waals surface area contributed by atoms with Gasteiger partial charge in [0.05, 0.1) is 0 Å². The number of aliphatic carboxylic acids is 1. The topological polar surface area (TPSA) is 106 Å². The van der Waals surface area contributed by atoms with Crippen molar-refractivity contribution < 1.29 is 14.7 Å². The Balaban J connectivity index is 0. The number of carboxylic acids is 1. The fourth-order valence-corrected chi connectivity index (χ4v) is 1.66. The van der Waals surface area contributed by atoms with Crippen molar-refractivity contribution in [3.8, 4) is 0 Å². The molecule has 1 atom stereocenters. The van der Waals surface area contributed by atoms with Crippen molar-refractivity contribution in [2.24, 2.45) is 5.92 Å². The fraction of sp³-hybridized carbons (Fsp3) is 0.636. The maximum Gasteiger partial charge on any atom is 0.243 e. The highest BCUT2D eigenvalue weighted by molar-refractivity contribution is 5.87. The quantitative estimate of drug-likeness (QED) is 0.653. The van der Waals surface area contributed by atoms with Gasteiger partial charge in [-0.25, -0.2) is 0 Å². The lowest BCUT2D eigenvalue weighted by atomic mass is 9.89. The molecule has 0 heterocycles. The minimum atomic E-state index is -1.06. The van der Waals surface area contributed by atoms with Gasteiger partial charge < -0.3 is 21.4 Å². The van der Waals surface area contributed by atoms with Gasteiger partial charge in [-0.1, -0.05) is 13.5 Å². The number of nitrogens with one attached hydrogen (secondary N) is 1. The molecular formula is C11H22N2O3. The Hall–Kier alpha value is -1.36. The molecule has 0 bridgehead atoms. The van der Waals surface area contributed by atoms with Crippen LogP contribution in [0.5, 0.6) is 0 Å². The molecule has 16 heavy (non-hydrogen) atoms. The van der Waals surface area contributed by atoms with Crippen molar-refractivity contribution in [3.63, 3.8) is 0 Å². The van der Waals surface area contributed by atoms with Gasteiger partial charge in [0.2, 0.25) is 5.91 Å². The van der Waals surface area contributed by atoms with Crippen molar-refractivity contribution in [2.45, 2.75) is 39.2 Å². The van der Waals surface area contributed by atoms with Gasteiger partial charge in [0.25, 0.3) is 0 Å². The summed E-state index contributed by atoms with van der Waals surface area (Å²) in [5.74, 6) is -1.34. The summed E-state index contributed by atoms with van der Waals surface area (Å²) in [5, 5.41) is 13.1. The van der Waals surface area contributed by atoms with Crippen LogP contribution in [0.25, 0.3) is 0 Å². The molecule has 0 spiro atoms. The number of quaternary nitrogens is 1.